The van der Waals surface area contributed by atoms with Gasteiger partial charge < -0.3 is 5.32 Å². The van der Waals surface area contributed by atoms with Crippen molar-refractivity contribution < 1.29 is 4.39 Å². The van der Waals surface area contributed by atoms with Crippen molar-refractivity contribution in [3.05, 3.63) is 0 Å². The normalized spacial score (nSPS) is 44.0. The first-order valence-electron chi connectivity index (χ1n) is 4.81. The highest BCUT2D eigenvalue weighted by atomic mass is 19.1. The Kier molecular flexibility index (Phi) is 2.09. The molecule has 70 valence electrons. The van der Waals surface area contributed by atoms with Crippen LogP contribution in [0.3, 0.4) is 0 Å². The van der Waals surface area contributed by atoms with E-state index in [9.17, 15) is 4.39 Å². The third kappa shape index (κ3) is 1.62. The number of rotatable bonds is 1. The molecule has 0 aromatic rings. The van der Waals surface area contributed by atoms with Crippen molar-refractivity contribution in [1.82, 2.24) is 10.2 Å². The van der Waals surface area contributed by atoms with Crippen LogP contribution < -0.4 is 5.32 Å². The number of likely N-dealkylation sites (tertiary alicyclic amines) is 1. The van der Waals surface area contributed by atoms with Gasteiger partial charge in [0.15, 0.2) is 0 Å². The van der Waals surface area contributed by atoms with Crippen molar-refractivity contribution in [3.63, 3.8) is 0 Å². The molecule has 2 aliphatic rings. The molecule has 0 radical (unpaired) electrons. The molecule has 0 aliphatic carbocycles. The number of halogens is 1. The van der Waals surface area contributed by atoms with Crippen molar-refractivity contribution in [2.45, 2.75) is 31.5 Å². The summed E-state index contributed by atoms with van der Waals surface area (Å²) in [4.78, 5) is 2.29. The fraction of sp³-hybridized carbons (Fsp3) is 1.00. The Morgan fingerprint density at radius 3 is 2.92 bits per heavy atom. The maximum absolute atomic E-state index is 13.5. The monoisotopic (exact) mass is 172 g/mol. The van der Waals surface area contributed by atoms with Crippen LogP contribution in [-0.4, -0.2) is 42.8 Å². The first kappa shape index (κ1) is 8.45. The van der Waals surface area contributed by atoms with Crippen molar-refractivity contribution >= 4 is 0 Å². The smallest absolute Gasteiger partial charge is 0.122 e. The first-order chi connectivity index (χ1) is 5.67. The molecule has 2 unspecified atom stereocenters. The van der Waals surface area contributed by atoms with Gasteiger partial charge in [0.05, 0.1) is 0 Å². The molecule has 0 bridgehead atoms. The van der Waals surface area contributed by atoms with E-state index in [1.165, 1.54) is 6.42 Å². The van der Waals surface area contributed by atoms with Gasteiger partial charge in [0.25, 0.3) is 0 Å². The summed E-state index contributed by atoms with van der Waals surface area (Å²) in [5.74, 6) is 0. The number of alkyl halides is 1. The summed E-state index contributed by atoms with van der Waals surface area (Å²) in [6.07, 6.45) is 1.90. The highest BCUT2D eigenvalue weighted by molar-refractivity contribution is 4.92. The third-order valence-corrected chi connectivity index (χ3v) is 3.00. The maximum Gasteiger partial charge on any atom is 0.122 e. The predicted octanol–water partition coefficient (Wildman–Crippen LogP) is 0.782. The van der Waals surface area contributed by atoms with Gasteiger partial charge in [0.2, 0.25) is 0 Å². The topological polar surface area (TPSA) is 15.3 Å². The molecule has 3 heteroatoms. The van der Waals surface area contributed by atoms with E-state index in [0.29, 0.717) is 19.0 Å². The van der Waals surface area contributed by atoms with Crippen molar-refractivity contribution in [2.24, 2.45) is 0 Å². The SMILES string of the molecule is CC1(F)CCN(C2CCNC2)C1. The molecule has 0 aromatic heterocycles. The lowest BCUT2D eigenvalue weighted by Crippen LogP contribution is -2.36. The molecule has 2 fully saturated rings. The summed E-state index contributed by atoms with van der Waals surface area (Å²) in [5, 5.41) is 3.31. The highest BCUT2D eigenvalue weighted by Crippen LogP contribution is 2.27. The lowest BCUT2D eigenvalue weighted by atomic mass is 10.1. The number of nitrogens with zero attached hydrogens (tertiary/aromatic N) is 1. The fourth-order valence-corrected chi connectivity index (χ4v) is 2.22. The average molecular weight is 172 g/mol. The van der Waals surface area contributed by atoms with E-state index >= 15 is 0 Å². The largest absolute Gasteiger partial charge is 0.315 e. The molecule has 0 spiro atoms. The molecule has 2 rings (SSSR count). The molecule has 0 amide bonds. The molecule has 0 saturated carbocycles. The minimum atomic E-state index is -0.928. The molecule has 2 heterocycles. The van der Waals surface area contributed by atoms with Crippen LogP contribution in [0.15, 0.2) is 0 Å². The van der Waals surface area contributed by atoms with Crippen molar-refractivity contribution in [3.8, 4) is 0 Å². The average Bonchev–Trinajstić information content (AvgIpc) is 2.55. The van der Waals surface area contributed by atoms with E-state index in [2.05, 4.69) is 10.2 Å². The Morgan fingerprint density at radius 2 is 2.42 bits per heavy atom. The Labute approximate surface area is 73.1 Å². The van der Waals surface area contributed by atoms with Gasteiger partial charge in [-0.25, -0.2) is 4.39 Å². The summed E-state index contributed by atoms with van der Waals surface area (Å²) in [6.45, 7) is 5.45. The van der Waals surface area contributed by atoms with Gasteiger partial charge >= 0.3 is 0 Å². The minimum absolute atomic E-state index is 0.600. The molecule has 1 N–H and O–H groups in total. The standard InChI is InChI=1S/C9H17FN2/c1-9(10)3-5-12(7-9)8-2-4-11-6-8/h8,11H,2-7H2,1H3. The molecule has 2 saturated heterocycles. The molecule has 12 heavy (non-hydrogen) atoms. The van der Waals surface area contributed by atoms with Crippen LogP contribution in [-0.2, 0) is 0 Å². The van der Waals surface area contributed by atoms with E-state index < -0.39 is 5.67 Å². The van der Waals surface area contributed by atoms with Crippen LogP contribution in [0.2, 0.25) is 0 Å². The number of nitrogens with one attached hydrogen (secondary N) is 1. The van der Waals surface area contributed by atoms with E-state index in [1.807, 2.05) is 0 Å². The quantitative estimate of drug-likeness (QED) is 0.629. The summed E-state index contributed by atoms with van der Waals surface area (Å²) >= 11 is 0. The summed E-state index contributed by atoms with van der Waals surface area (Å²) in [5.41, 5.74) is -0.928. The third-order valence-electron chi connectivity index (χ3n) is 3.00. The Balaban J connectivity index is 1.90. The van der Waals surface area contributed by atoms with Gasteiger partial charge in [-0.15, -0.1) is 0 Å². The maximum atomic E-state index is 13.5. The van der Waals surface area contributed by atoms with Gasteiger partial charge in [0, 0.05) is 25.7 Å². The number of hydrogen-bond donors (Lipinski definition) is 1. The van der Waals surface area contributed by atoms with Gasteiger partial charge in [-0.05, 0) is 26.3 Å². The molecular formula is C9H17FN2. The Morgan fingerprint density at radius 1 is 1.58 bits per heavy atom. The zero-order valence-electron chi connectivity index (χ0n) is 7.65. The Hall–Kier alpha value is -0.150. The van der Waals surface area contributed by atoms with Crippen LogP contribution in [0.25, 0.3) is 0 Å². The van der Waals surface area contributed by atoms with Crippen LogP contribution in [0.4, 0.5) is 4.39 Å². The molecule has 0 aromatic carbocycles. The molecule has 2 aliphatic heterocycles. The predicted molar refractivity (Wildman–Crippen MR) is 47.0 cm³/mol. The van der Waals surface area contributed by atoms with E-state index in [0.717, 1.165) is 19.6 Å². The van der Waals surface area contributed by atoms with Gasteiger partial charge in [-0.2, -0.15) is 0 Å². The molecule has 2 nitrogen and oxygen atoms in total. The fourth-order valence-electron chi connectivity index (χ4n) is 2.22. The highest BCUT2D eigenvalue weighted by Gasteiger charge is 2.37. The second kappa shape index (κ2) is 2.96. The van der Waals surface area contributed by atoms with Crippen molar-refractivity contribution in [2.75, 3.05) is 26.2 Å². The lowest BCUT2D eigenvalue weighted by molar-refractivity contribution is 0.169. The zero-order valence-corrected chi connectivity index (χ0v) is 7.65. The van der Waals surface area contributed by atoms with Gasteiger partial charge in [-0.3, -0.25) is 4.90 Å². The van der Waals surface area contributed by atoms with E-state index in [1.54, 1.807) is 6.92 Å². The Bertz CT molecular complexity index is 164. The summed E-state index contributed by atoms with van der Waals surface area (Å²) in [6, 6.07) is 0.600. The van der Waals surface area contributed by atoms with E-state index in [-0.39, 0.29) is 0 Å². The van der Waals surface area contributed by atoms with E-state index in [4.69, 9.17) is 0 Å². The second-order valence-electron chi connectivity index (χ2n) is 4.28. The summed E-state index contributed by atoms with van der Waals surface area (Å²) < 4.78 is 13.5. The number of hydrogen-bond acceptors (Lipinski definition) is 2. The van der Waals surface area contributed by atoms with Crippen LogP contribution in [0.1, 0.15) is 19.8 Å². The minimum Gasteiger partial charge on any atom is -0.315 e. The van der Waals surface area contributed by atoms with Gasteiger partial charge in [0.1, 0.15) is 5.67 Å². The second-order valence-corrected chi connectivity index (χ2v) is 4.28. The van der Waals surface area contributed by atoms with Crippen LogP contribution in [0.5, 0.6) is 0 Å². The van der Waals surface area contributed by atoms with Crippen LogP contribution >= 0.6 is 0 Å². The van der Waals surface area contributed by atoms with Crippen LogP contribution in [0, 0.1) is 0 Å². The van der Waals surface area contributed by atoms with Crippen molar-refractivity contribution in [1.29, 1.82) is 0 Å². The lowest BCUT2D eigenvalue weighted by Gasteiger charge is -2.23. The zero-order chi connectivity index (χ0) is 8.60. The molecule has 2 atom stereocenters. The molecular weight excluding hydrogens is 155 g/mol. The first-order valence-corrected chi connectivity index (χ1v) is 4.81. The van der Waals surface area contributed by atoms with Gasteiger partial charge in [-0.1, -0.05) is 0 Å². The summed E-state index contributed by atoms with van der Waals surface area (Å²) in [7, 11) is 0.